The van der Waals surface area contributed by atoms with Gasteiger partial charge < -0.3 is 9.47 Å². The van der Waals surface area contributed by atoms with Crippen LogP contribution in [-0.4, -0.2) is 23.6 Å². The van der Waals surface area contributed by atoms with E-state index in [1.54, 1.807) is 81.4 Å². The molecule has 0 aliphatic heterocycles. The minimum absolute atomic E-state index is 0.0524. The first-order valence-corrected chi connectivity index (χ1v) is 8.71. The summed E-state index contributed by atoms with van der Waals surface area (Å²) < 4.78 is 10.7. The lowest BCUT2D eigenvalue weighted by molar-refractivity contribution is -0.151. The fourth-order valence-electron chi connectivity index (χ4n) is 2.31. The molecule has 2 amide bonds. The van der Waals surface area contributed by atoms with E-state index in [4.69, 9.17) is 9.47 Å². The highest BCUT2D eigenvalue weighted by atomic mass is 16.6. The molecule has 1 atom stereocenters. The number of hydrogen-bond acceptors (Lipinski definition) is 5. The zero-order valence-corrected chi connectivity index (χ0v) is 16.1. The summed E-state index contributed by atoms with van der Waals surface area (Å²) in [6.07, 6.45) is -2.09. The van der Waals surface area contributed by atoms with Crippen LogP contribution in [0.3, 0.4) is 0 Å². The van der Waals surface area contributed by atoms with E-state index in [1.807, 2.05) is 0 Å². The molecule has 2 aromatic rings. The summed E-state index contributed by atoms with van der Waals surface area (Å²) >= 11 is 0. The Labute approximate surface area is 164 Å². The Balaban J connectivity index is 2.16. The molecule has 0 aliphatic rings. The molecule has 0 saturated heterocycles. The minimum atomic E-state index is -1.10. The molecule has 6 heteroatoms. The average Bonchev–Trinajstić information content (AvgIpc) is 2.65. The van der Waals surface area contributed by atoms with Gasteiger partial charge in [0, 0.05) is 5.56 Å². The number of benzene rings is 2. The molecule has 0 aliphatic carbocycles. The van der Waals surface area contributed by atoms with Gasteiger partial charge in [0.25, 0.3) is 5.91 Å². The maximum Gasteiger partial charge on any atom is 0.415 e. The smallest absolute Gasteiger partial charge is 0.415 e. The molecule has 0 heterocycles. The predicted molar refractivity (Wildman–Crippen MR) is 105 cm³/mol. The van der Waals surface area contributed by atoms with Crippen molar-refractivity contribution in [2.24, 2.45) is 0 Å². The van der Waals surface area contributed by atoms with Gasteiger partial charge in [0.15, 0.2) is 6.10 Å². The van der Waals surface area contributed by atoms with Gasteiger partial charge in [-0.2, -0.15) is 0 Å². The van der Waals surface area contributed by atoms with Gasteiger partial charge in [0.1, 0.15) is 5.60 Å². The summed E-state index contributed by atoms with van der Waals surface area (Å²) in [6.45, 7) is 8.91. The molecule has 2 aromatic carbocycles. The Morgan fingerprint density at radius 2 is 1.46 bits per heavy atom. The lowest BCUT2D eigenvalue weighted by atomic mass is 10.0. The molecule has 1 N–H and O–H groups in total. The van der Waals surface area contributed by atoms with Crippen LogP contribution < -0.4 is 5.32 Å². The van der Waals surface area contributed by atoms with Crippen molar-refractivity contribution in [1.29, 1.82) is 0 Å². The third-order valence-electron chi connectivity index (χ3n) is 3.56. The molecule has 2 rings (SSSR count). The van der Waals surface area contributed by atoms with Crippen molar-refractivity contribution in [3.63, 3.8) is 0 Å². The number of alkyl carbamates (subject to hydrolysis) is 1. The van der Waals surface area contributed by atoms with Crippen molar-refractivity contribution >= 4 is 18.0 Å². The van der Waals surface area contributed by atoms with Crippen LogP contribution in [0, 0.1) is 0 Å². The second-order valence-electron chi connectivity index (χ2n) is 7.04. The van der Waals surface area contributed by atoms with E-state index in [1.165, 1.54) is 0 Å². The fourth-order valence-corrected chi connectivity index (χ4v) is 2.31. The lowest BCUT2D eigenvalue weighted by Crippen LogP contribution is -2.33. The van der Waals surface area contributed by atoms with E-state index in [-0.39, 0.29) is 5.57 Å². The minimum Gasteiger partial charge on any atom is -0.457 e. The van der Waals surface area contributed by atoms with Crippen LogP contribution in [0.2, 0.25) is 0 Å². The van der Waals surface area contributed by atoms with Crippen LogP contribution in [0.4, 0.5) is 4.79 Å². The van der Waals surface area contributed by atoms with Gasteiger partial charge in [-0.1, -0.05) is 55.1 Å². The largest absolute Gasteiger partial charge is 0.457 e. The summed E-state index contributed by atoms with van der Waals surface area (Å²) in [6, 6.07) is 16.9. The number of ether oxygens (including phenoxy) is 2. The lowest BCUT2D eigenvalue weighted by Gasteiger charge is -2.24. The monoisotopic (exact) mass is 381 g/mol. The Hall–Kier alpha value is -3.41. The summed E-state index contributed by atoms with van der Waals surface area (Å²) in [5.41, 5.74) is 0.0538. The highest BCUT2D eigenvalue weighted by molar-refractivity contribution is 6.03. The summed E-state index contributed by atoms with van der Waals surface area (Å²) in [5.74, 6) is -1.30. The van der Waals surface area contributed by atoms with Gasteiger partial charge in [-0.25, -0.2) is 9.59 Å². The van der Waals surface area contributed by atoms with Crippen molar-refractivity contribution in [3.8, 4) is 0 Å². The number of carbonyl (C=O) groups is 3. The van der Waals surface area contributed by atoms with E-state index in [0.717, 1.165) is 0 Å². The van der Waals surface area contributed by atoms with Gasteiger partial charge in [0.2, 0.25) is 0 Å². The Kier molecular flexibility index (Phi) is 6.71. The molecule has 146 valence electrons. The van der Waals surface area contributed by atoms with Crippen LogP contribution in [0.1, 0.15) is 42.8 Å². The topological polar surface area (TPSA) is 81.7 Å². The van der Waals surface area contributed by atoms with E-state index in [0.29, 0.717) is 11.1 Å². The Bertz CT molecular complexity index is 854. The van der Waals surface area contributed by atoms with Crippen LogP contribution in [-0.2, 0) is 14.3 Å². The van der Waals surface area contributed by atoms with Gasteiger partial charge >= 0.3 is 12.1 Å². The van der Waals surface area contributed by atoms with Crippen molar-refractivity contribution in [1.82, 2.24) is 5.32 Å². The second kappa shape index (κ2) is 8.99. The molecule has 1 unspecified atom stereocenters. The highest BCUT2D eigenvalue weighted by Crippen LogP contribution is 2.27. The number of hydrogen-bond donors (Lipinski definition) is 1. The second-order valence-corrected chi connectivity index (χ2v) is 7.04. The zero-order valence-electron chi connectivity index (χ0n) is 16.1. The summed E-state index contributed by atoms with van der Waals surface area (Å²) in [5, 5.41) is 2.15. The number of esters is 1. The van der Waals surface area contributed by atoms with E-state index < -0.39 is 29.7 Å². The van der Waals surface area contributed by atoms with Crippen molar-refractivity contribution in [3.05, 3.63) is 83.9 Å². The molecule has 0 radical (unpaired) electrons. The summed E-state index contributed by atoms with van der Waals surface area (Å²) in [4.78, 5) is 36.8. The van der Waals surface area contributed by atoms with E-state index in [2.05, 4.69) is 11.9 Å². The number of nitrogens with one attached hydrogen (secondary N) is 1. The van der Waals surface area contributed by atoms with Gasteiger partial charge in [-0.05, 0) is 38.5 Å². The molecule has 0 fully saturated rings. The number of rotatable bonds is 5. The van der Waals surface area contributed by atoms with Crippen LogP contribution in [0.25, 0.3) is 0 Å². The van der Waals surface area contributed by atoms with Crippen molar-refractivity contribution in [2.45, 2.75) is 32.5 Å². The Morgan fingerprint density at radius 1 is 0.929 bits per heavy atom. The highest BCUT2D eigenvalue weighted by Gasteiger charge is 2.29. The third kappa shape index (κ3) is 6.09. The van der Waals surface area contributed by atoms with Crippen molar-refractivity contribution < 1.29 is 23.9 Å². The number of imide groups is 1. The normalized spacial score (nSPS) is 11.8. The maximum absolute atomic E-state index is 12.4. The van der Waals surface area contributed by atoms with Crippen LogP contribution in [0.5, 0.6) is 0 Å². The van der Waals surface area contributed by atoms with Gasteiger partial charge in [0.05, 0.1) is 5.57 Å². The number of carbonyl (C=O) groups excluding carboxylic acids is 3. The van der Waals surface area contributed by atoms with Crippen molar-refractivity contribution in [2.75, 3.05) is 0 Å². The predicted octanol–water partition coefficient (Wildman–Crippen LogP) is 4.19. The van der Waals surface area contributed by atoms with Gasteiger partial charge in [-0.15, -0.1) is 0 Å². The molecular formula is C22H23NO5. The van der Waals surface area contributed by atoms with Crippen LogP contribution >= 0.6 is 0 Å². The first-order chi connectivity index (χ1) is 13.2. The zero-order chi connectivity index (χ0) is 20.7. The molecule has 0 saturated carbocycles. The fraction of sp³-hybridized carbons (Fsp3) is 0.227. The van der Waals surface area contributed by atoms with E-state index >= 15 is 0 Å². The quantitative estimate of drug-likeness (QED) is 0.620. The maximum atomic E-state index is 12.4. The molecule has 0 spiro atoms. The molecular weight excluding hydrogens is 358 g/mol. The first-order valence-electron chi connectivity index (χ1n) is 8.71. The molecule has 28 heavy (non-hydrogen) atoms. The number of amides is 2. The Morgan fingerprint density at radius 3 is 2.00 bits per heavy atom. The first kappa shape index (κ1) is 20.9. The molecule has 6 nitrogen and oxygen atoms in total. The molecule has 0 aromatic heterocycles. The average molecular weight is 381 g/mol. The van der Waals surface area contributed by atoms with Crippen LogP contribution in [0.15, 0.2) is 72.8 Å². The standard InChI is InChI=1S/C22H23NO5/c1-15(20(25)28-22(2,3)4)18(16-11-7-5-8-12-16)27-21(26)23-19(24)17-13-9-6-10-14-17/h5-14,18H,1H2,2-4H3,(H,23,24,26). The van der Waals surface area contributed by atoms with E-state index in [9.17, 15) is 14.4 Å². The SMILES string of the molecule is C=C(C(=O)OC(C)(C)C)C(OC(=O)NC(=O)c1ccccc1)c1ccccc1. The molecule has 0 bridgehead atoms. The van der Waals surface area contributed by atoms with Gasteiger partial charge in [-0.3, -0.25) is 10.1 Å². The third-order valence-corrected chi connectivity index (χ3v) is 3.56. The summed E-state index contributed by atoms with van der Waals surface area (Å²) in [7, 11) is 0.